The van der Waals surface area contributed by atoms with E-state index in [1.165, 1.54) is 0 Å². The largest absolute Gasteiger partial charge is 0.481 e. The molecule has 78 valence electrons. The number of aromatic nitrogens is 3. The standard InChI is InChI=1S/C9H8BrN3O2/c10-6-2-1-5-13-7(3-4-8(14)15)11-12-9(6)13/h1-2,5H,3-4H2,(H,14,15). The molecule has 2 heterocycles. The van der Waals surface area contributed by atoms with E-state index in [0.717, 1.165) is 4.47 Å². The number of hydrogen-bond donors (Lipinski definition) is 1. The van der Waals surface area contributed by atoms with Gasteiger partial charge in [0, 0.05) is 12.6 Å². The Balaban J connectivity index is 2.37. The zero-order valence-corrected chi connectivity index (χ0v) is 9.31. The zero-order valence-electron chi connectivity index (χ0n) is 7.72. The highest BCUT2D eigenvalue weighted by molar-refractivity contribution is 9.10. The van der Waals surface area contributed by atoms with Gasteiger partial charge in [-0.15, -0.1) is 10.2 Å². The number of pyridine rings is 1. The molecule has 2 rings (SSSR count). The Morgan fingerprint density at radius 1 is 1.53 bits per heavy atom. The van der Waals surface area contributed by atoms with Crippen molar-refractivity contribution in [2.45, 2.75) is 12.8 Å². The maximum Gasteiger partial charge on any atom is 0.303 e. The summed E-state index contributed by atoms with van der Waals surface area (Å²) in [5.41, 5.74) is 0.706. The van der Waals surface area contributed by atoms with Crippen LogP contribution in [0.2, 0.25) is 0 Å². The summed E-state index contributed by atoms with van der Waals surface area (Å²) in [6, 6.07) is 3.72. The molecular weight excluding hydrogens is 262 g/mol. The maximum absolute atomic E-state index is 10.4. The molecule has 0 atom stereocenters. The molecule has 6 heteroatoms. The van der Waals surface area contributed by atoms with Crippen LogP contribution in [0.15, 0.2) is 22.8 Å². The summed E-state index contributed by atoms with van der Waals surface area (Å²) in [5, 5.41) is 16.5. The SMILES string of the molecule is O=C(O)CCc1nnc2c(Br)cccn12. The fraction of sp³-hybridized carbons (Fsp3) is 0.222. The highest BCUT2D eigenvalue weighted by Gasteiger charge is 2.08. The number of hydrogen-bond acceptors (Lipinski definition) is 3. The van der Waals surface area contributed by atoms with E-state index in [-0.39, 0.29) is 6.42 Å². The van der Waals surface area contributed by atoms with E-state index in [2.05, 4.69) is 26.1 Å². The van der Waals surface area contributed by atoms with Crippen LogP contribution in [0.3, 0.4) is 0 Å². The third kappa shape index (κ3) is 1.99. The van der Waals surface area contributed by atoms with Crippen LogP contribution in [0.1, 0.15) is 12.2 Å². The molecule has 0 amide bonds. The first-order valence-electron chi connectivity index (χ1n) is 4.38. The van der Waals surface area contributed by atoms with Crippen LogP contribution in [0, 0.1) is 0 Å². The minimum Gasteiger partial charge on any atom is -0.481 e. The fourth-order valence-corrected chi connectivity index (χ4v) is 1.74. The highest BCUT2D eigenvalue weighted by Crippen LogP contribution is 2.16. The van der Waals surface area contributed by atoms with Crippen LogP contribution in [0.5, 0.6) is 0 Å². The lowest BCUT2D eigenvalue weighted by Crippen LogP contribution is -2.01. The van der Waals surface area contributed by atoms with Crippen LogP contribution in [-0.4, -0.2) is 25.7 Å². The van der Waals surface area contributed by atoms with Gasteiger partial charge in [-0.3, -0.25) is 9.20 Å². The monoisotopic (exact) mass is 269 g/mol. The van der Waals surface area contributed by atoms with Crippen molar-refractivity contribution in [3.8, 4) is 0 Å². The molecule has 0 aromatic carbocycles. The topological polar surface area (TPSA) is 67.5 Å². The normalized spacial score (nSPS) is 10.7. The molecule has 0 unspecified atom stereocenters. The number of nitrogens with zero attached hydrogens (tertiary/aromatic N) is 3. The van der Waals surface area contributed by atoms with Crippen molar-refractivity contribution < 1.29 is 9.90 Å². The van der Waals surface area contributed by atoms with Crippen molar-refractivity contribution in [2.24, 2.45) is 0 Å². The van der Waals surface area contributed by atoms with Crippen molar-refractivity contribution in [1.82, 2.24) is 14.6 Å². The zero-order chi connectivity index (χ0) is 10.8. The van der Waals surface area contributed by atoms with Gasteiger partial charge in [0.15, 0.2) is 5.65 Å². The van der Waals surface area contributed by atoms with Crippen LogP contribution >= 0.6 is 15.9 Å². The van der Waals surface area contributed by atoms with Gasteiger partial charge in [-0.2, -0.15) is 0 Å². The first kappa shape index (κ1) is 10.1. The molecule has 5 nitrogen and oxygen atoms in total. The third-order valence-corrected chi connectivity index (χ3v) is 2.64. The number of halogens is 1. The quantitative estimate of drug-likeness (QED) is 0.917. The number of carboxylic acid groups (broad SMARTS) is 1. The predicted molar refractivity (Wildman–Crippen MR) is 56.6 cm³/mol. The van der Waals surface area contributed by atoms with Gasteiger partial charge in [0.25, 0.3) is 0 Å². The molecule has 0 aliphatic carbocycles. The average molecular weight is 270 g/mol. The van der Waals surface area contributed by atoms with Crippen molar-refractivity contribution >= 4 is 27.5 Å². The van der Waals surface area contributed by atoms with E-state index < -0.39 is 5.97 Å². The fourth-order valence-electron chi connectivity index (χ4n) is 1.32. The molecule has 0 radical (unpaired) electrons. The number of rotatable bonds is 3. The van der Waals surface area contributed by atoms with Gasteiger partial charge in [-0.25, -0.2) is 0 Å². The molecule has 15 heavy (non-hydrogen) atoms. The first-order chi connectivity index (χ1) is 7.18. The van der Waals surface area contributed by atoms with Crippen molar-refractivity contribution in [3.05, 3.63) is 28.6 Å². The summed E-state index contributed by atoms with van der Waals surface area (Å²) < 4.78 is 2.63. The highest BCUT2D eigenvalue weighted by atomic mass is 79.9. The molecule has 0 saturated carbocycles. The van der Waals surface area contributed by atoms with Gasteiger partial charge in [-0.1, -0.05) is 0 Å². The van der Waals surface area contributed by atoms with E-state index in [9.17, 15) is 4.79 Å². The lowest BCUT2D eigenvalue weighted by atomic mass is 10.3. The van der Waals surface area contributed by atoms with Crippen molar-refractivity contribution in [3.63, 3.8) is 0 Å². The Labute approximate surface area is 93.9 Å². The number of carboxylic acids is 1. The lowest BCUT2D eigenvalue weighted by Gasteiger charge is -1.98. The van der Waals surface area contributed by atoms with Crippen LogP contribution in [0.25, 0.3) is 5.65 Å². The average Bonchev–Trinajstić information content (AvgIpc) is 2.59. The Bertz CT molecular complexity index is 509. The number of aliphatic carboxylic acids is 1. The molecule has 0 bridgehead atoms. The predicted octanol–water partition coefficient (Wildman–Crippen LogP) is 1.51. The number of fused-ring (bicyclic) bond motifs is 1. The van der Waals surface area contributed by atoms with Crippen LogP contribution < -0.4 is 0 Å². The first-order valence-corrected chi connectivity index (χ1v) is 5.17. The van der Waals surface area contributed by atoms with E-state index in [4.69, 9.17) is 5.11 Å². The minimum atomic E-state index is -0.832. The maximum atomic E-state index is 10.4. The van der Waals surface area contributed by atoms with Crippen LogP contribution in [0.4, 0.5) is 0 Å². The Kier molecular flexibility index (Phi) is 2.68. The van der Waals surface area contributed by atoms with Crippen molar-refractivity contribution in [1.29, 1.82) is 0 Å². The molecular formula is C9H8BrN3O2. The Morgan fingerprint density at radius 3 is 3.07 bits per heavy atom. The summed E-state index contributed by atoms with van der Waals surface area (Å²) in [6.45, 7) is 0. The molecule has 0 aliphatic rings. The molecule has 0 spiro atoms. The van der Waals surface area contributed by atoms with Gasteiger partial charge in [0.2, 0.25) is 0 Å². The van der Waals surface area contributed by atoms with E-state index in [1.807, 2.05) is 18.3 Å². The molecule has 0 aliphatic heterocycles. The van der Waals surface area contributed by atoms with Crippen LogP contribution in [-0.2, 0) is 11.2 Å². The van der Waals surface area contributed by atoms with Gasteiger partial charge in [-0.05, 0) is 28.1 Å². The van der Waals surface area contributed by atoms with Gasteiger partial charge in [0.1, 0.15) is 5.82 Å². The second-order valence-electron chi connectivity index (χ2n) is 3.06. The molecule has 2 aromatic heterocycles. The summed E-state index contributed by atoms with van der Waals surface area (Å²) in [5.74, 6) is -0.171. The molecule has 0 saturated heterocycles. The summed E-state index contributed by atoms with van der Waals surface area (Å²) in [7, 11) is 0. The van der Waals surface area contributed by atoms with E-state index in [0.29, 0.717) is 17.9 Å². The number of aryl methyl sites for hydroxylation is 1. The summed E-state index contributed by atoms with van der Waals surface area (Å²) >= 11 is 3.35. The minimum absolute atomic E-state index is 0.0628. The second-order valence-corrected chi connectivity index (χ2v) is 3.91. The molecule has 2 aromatic rings. The summed E-state index contributed by atoms with van der Waals surface area (Å²) in [6.07, 6.45) is 2.26. The molecule has 0 fully saturated rings. The second kappa shape index (κ2) is 3.98. The smallest absolute Gasteiger partial charge is 0.303 e. The van der Waals surface area contributed by atoms with Gasteiger partial charge in [0.05, 0.1) is 10.9 Å². The third-order valence-electron chi connectivity index (χ3n) is 2.02. The molecule has 1 N–H and O–H groups in total. The summed E-state index contributed by atoms with van der Waals surface area (Å²) in [4.78, 5) is 10.4. The van der Waals surface area contributed by atoms with E-state index in [1.54, 1.807) is 4.40 Å². The number of carbonyl (C=O) groups is 1. The van der Waals surface area contributed by atoms with E-state index >= 15 is 0 Å². The lowest BCUT2D eigenvalue weighted by molar-refractivity contribution is -0.137. The Hall–Kier alpha value is -1.43. The van der Waals surface area contributed by atoms with Crippen molar-refractivity contribution in [2.75, 3.05) is 0 Å². The Morgan fingerprint density at radius 2 is 2.33 bits per heavy atom. The van der Waals surface area contributed by atoms with Gasteiger partial charge < -0.3 is 5.11 Å². The van der Waals surface area contributed by atoms with Gasteiger partial charge >= 0.3 is 5.97 Å².